The second-order valence-corrected chi connectivity index (χ2v) is 17.9. The molecule has 0 aliphatic carbocycles. The van der Waals surface area contributed by atoms with Crippen molar-refractivity contribution in [3.8, 4) is 23.0 Å². The first-order chi connectivity index (χ1) is 26.5. The Morgan fingerprint density at radius 2 is 0.818 bits per heavy atom. The van der Waals surface area contributed by atoms with Crippen LogP contribution in [0, 0.1) is 0 Å². The molecule has 4 unspecified atom stereocenters. The molecule has 0 fully saturated rings. The van der Waals surface area contributed by atoms with Crippen molar-refractivity contribution in [3.63, 3.8) is 0 Å². The lowest BCUT2D eigenvalue weighted by molar-refractivity contribution is -0.0840. The Morgan fingerprint density at radius 1 is 0.436 bits per heavy atom. The van der Waals surface area contributed by atoms with Gasteiger partial charge in [0.1, 0.15) is 23.0 Å². The SMILES string of the molecule is CCC(C)(c1ccc(Br)c(Br)c1)C(Cc1cccc(Oc2ccccc2)c1)OC(Cc1cccc(Oc2ccccc2)c1)C(C)(CC)c1ccc(Br)c(Br)c1. The maximum absolute atomic E-state index is 7.80. The van der Waals surface area contributed by atoms with Gasteiger partial charge in [-0.1, -0.05) is 100 Å². The number of para-hydroxylation sites is 2. The monoisotopic (exact) mass is 986 g/mol. The highest BCUT2D eigenvalue weighted by Crippen LogP contribution is 2.44. The van der Waals surface area contributed by atoms with Crippen LogP contribution in [0.15, 0.2) is 163 Å². The van der Waals surface area contributed by atoms with E-state index in [0.717, 1.165) is 64.9 Å². The quantitative estimate of drug-likeness (QED) is 0.0967. The van der Waals surface area contributed by atoms with Crippen LogP contribution in [0.25, 0.3) is 0 Å². The van der Waals surface area contributed by atoms with Crippen LogP contribution in [-0.4, -0.2) is 12.2 Å². The molecule has 0 radical (unpaired) electrons. The molecular formula is C48H46Br4O3. The smallest absolute Gasteiger partial charge is 0.127 e. The molecule has 0 saturated heterocycles. The molecule has 0 N–H and O–H groups in total. The molecular weight excluding hydrogens is 944 g/mol. The van der Waals surface area contributed by atoms with Crippen LogP contribution in [0.4, 0.5) is 0 Å². The Hall–Kier alpha value is -3.20. The number of hydrogen-bond acceptors (Lipinski definition) is 3. The molecule has 0 aromatic heterocycles. The topological polar surface area (TPSA) is 27.7 Å². The van der Waals surface area contributed by atoms with Crippen LogP contribution in [-0.2, 0) is 28.4 Å². The average Bonchev–Trinajstić information content (AvgIpc) is 3.20. The summed E-state index contributed by atoms with van der Waals surface area (Å²) in [4.78, 5) is 0. The molecule has 0 aliphatic rings. The van der Waals surface area contributed by atoms with E-state index in [2.05, 4.69) is 164 Å². The standard InChI is InChI=1S/C48H46Br4O3/c1-5-47(3,35-23-25-41(49)43(51)31-35)45(29-33-15-13-21-39(27-33)53-37-17-9-7-10-18-37)55-46(48(4,6-2)36-24-26-42(50)44(52)32-36)30-34-16-14-22-40(28-34)54-38-19-11-8-12-20-38/h7-28,31-32,45-46H,5-6,29-30H2,1-4H3. The molecule has 6 aromatic rings. The van der Waals surface area contributed by atoms with E-state index in [1.807, 2.05) is 72.8 Å². The van der Waals surface area contributed by atoms with Crippen molar-refractivity contribution in [1.82, 2.24) is 0 Å². The van der Waals surface area contributed by atoms with Gasteiger partial charge in [0.25, 0.3) is 0 Å². The van der Waals surface area contributed by atoms with Gasteiger partial charge in [-0.2, -0.15) is 0 Å². The van der Waals surface area contributed by atoms with E-state index in [1.165, 1.54) is 11.1 Å². The van der Waals surface area contributed by atoms with Gasteiger partial charge in [0.15, 0.2) is 0 Å². The molecule has 7 heteroatoms. The van der Waals surface area contributed by atoms with Crippen molar-refractivity contribution in [2.75, 3.05) is 0 Å². The van der Waals surface area contributed by atoms with Crippen molar-refractivity contribution in [2.45, 2.75) is 76.4 Å². The zero-order valence-electron chi connectivity index (χ0n) is 31.6. The van der Waals surface area contributed by atoms with Gasteiger partial charge in [0.2, 0.25) is 0 Å². The van der Waals surface area contributed by atoms with Gasteiger partial charge in [-0.15, -0.1) is 0 Å². The third-order valence-corrected chi connectivity index (χ3v) is 14.7. The lowest BCUT2D eigenvalue weighted by Crippen LogP contribution is -2.48. The van der Waals surface area contributed by atoms with Crippen molar-refractivity contribution < 1.29 is 14.2 Å². The molecule has 284 valence electrons. The molecule has 0 amide bonds. The molecule has 0 spiro atoms. The Balaban J connectivity index is 1.44. The predicted molar refractivity (Wildman–Crippen MR) is 241 cm³/mol. The Labute approximate surface area is 360 Å². The minimum atomic E-state index is -0.356. The predicted octanol–water partition coefficient (Wildman–Crippen LogP) is 15.6. The van der Waals surface area contributed by atoms with Gasteiger partial charge in [0.05, 0.1) is 12.2 Å². The largest absolute Gasteiger partial charge is 0.457 e. The minimum Gasteiger partial charge on any atom is -0.457 e. The summed E-state index contributed by atoms with van der Waals surface area (Å²) in [5.74, 6) is 3.22. The van der Waals surface area contributed by atoms with Gasteiger partial charge in [-0.25, -0.2) is 0 Å². The van der Waals surface area contributed by atoms with E-state index in [1.54, 1.807) is 0 Å². The maximum atomic E-state index is 7.80. The number of ether oxygens (including phenoxy) is 3. The van der Waals surface area contributed by atoms with Crippen LogP contribution < -0.4 is 9.47 Å². The third-order valence-electron chi connectivity index (χ3n) is 11.0. The number of rotatable bonds is 16. The fourth-order valence-electron chi connectivity index (χ4n) is 7.13. The average molecular weight is 991 g/mol. The third kappa shape index (κ3) is 10.2. The summed E-state index contributed by atoms with van der Waals surface area (Å²) in [6.45, 7) is 9.24. The van der Waals surface area contributed by atoms with Crippen LogP contribution in [0.2, 0.25) is 0 Å². The van der Waals surface area contributed by atoms with Crippen molar-refractivity contribution in [1.29, 1.82) is 0 Å². The molecule has 4 atom stereocenters. The first kappa shape index (κ1) is 41.4. The highest BCUT2D eigenvalue weighted by molar-refractivity contribution is 9.13. The van der Waals surface area contributed by atoms with E-state index in [0.29, 0.717) is 12.8 Å². The molecule has 0 heterocycles. The van der Waals surface area contributed by atoms with Gasteiger partial charge >= 0.3 is 0 Å². The van der Waals surface area contributed by atoms with E-state index in [-0.39, 0.29) is 23.0 Å². The van der Waals surface area contributed by atoms with Gasteiger partial charge in [-0.05, 0) is 184 Å². The zero-order chi connectivity index (χ0) is 39.0. The number of halogens is 4. The summed E-state index contributed by atoms with van der Waals surface area (Å²) >= 11 is 15.0. The van der Waals surface area contributed by atoms with Crippen LogP contribution >= 0.6 is 63.7 Å². The fourth-order valence-corrected chi connectivity index (χ4v) is 8.38. The van der Waals surface area contributed by atoms with Crippen molar-refractivity contribution in [2.24, 2.45) is 0 Å². The lowest BCUT2D eigenvalue weighted by Gasteiger charge is -2.45. The van der Waals surface area contributed by atoms with Crippen LogP contribution in [0.1, 0.15) is 62.8 Å². The summed E-state index contributed by atoms with van der Waals surface area (Å²) in [6, 6.07) is 50.0. The molecule has 3 nitrogen and oxygen atoms in total. The maximum Gasteiger partial charge on any atom is 0.127 e. The number of benzene rings is 6. The fraction of sp³-hybridized carbons (Fsp3) is 0.250. The molecule has 0 bridgehead atoms. The van der Waals surface area contributed by atoms with Crippen molar-refractivity contribution >= 4 is 63.7 Å². The van der Waals surface area contributed by atoms with Gasteiger partial charge in [-0.3, -0.25) is 0 Å². The molecule has 6 aromatic carbocycles. The van der Waals surface area contributed by atoms with Crippen LogP contribution in [0.3, 0.4) is 0 Å². The summed E-state index contributed by atoms with van der Waals surface area (Å²) < 4.78 is 24.5. The van der Waals surface area contributed by atoms with E-state index >= 15 is 0 Å². The van der Waals surface area contributed by atoms with Gasteiger partial charge < -0.3 is 14.2 Å². The van der Waals surface area contributed by atoms with E-state index < -0.39 is 0 Å². The van der Waals surface area contributed by atoms with E-state index in [9.17, 15) is 0 Å². The summed E-state index contributed by atoms with van der Waals surface area (Å²) in [5, 5.41) is 0. The minimum absolute atomic E-state index is 0.212. The second-order valence-electron chi connectivity index (χ2n) is 14.4. The summed E-state index contributed by atoms with van der Waals surface area (Å²) in [5.41, 5.74) is 4.02. The Kier molecular flexibility index (Phi) is 14.2. The van der Waals surface area contributed by atoms with Crippen molar-refractivity contribution in [3.05, 3.63) is 186 Å². The van der Waals surface area contributed by atoms with E-state index in [4.69, 9.17) is 14.2 Å². The van der Waals surface area contributed by atoms with Gasteiger partial charge in [0, 0.05) is 28.7 Å². The highest BCUT2D eigenvalue weighted by Gasteiger charge is 2.43. The lowest BCUT2D eigenvalue weighted by atomic mass is 9.71. The van der Waals surface area contributed by atoms with Crippen LogP contribution in [0.5, 0.6) is 23.0 Å². The highest BCUT2D eigenvalue weighted by atomic mass is 79.9. The Morgan fingerprint density at radius 3 is 1.18 bits per heavy atom. The molecule has 0 aliphatic heterocycles. The first-order valence-electron chi connectivity index (χ1n) is 18.7. The molecule has 6 rings (SSSR count). The Bertz CT molecular complexity index is 2020. The summed E-state index contributed by atoms with van der Waals surface area (Å²) in [7, 11) is 0. The zero-order valence-corrected chi connectivity index (χ0v) is 37.9. The summed E-state index contributed by atoms with van der Waals surface area (Å²) in [6.07, 6.45) is 2.67. The molecule has 55 heavy (non-hydrogen) atoms. The first-order valence-corrected chi connectivity index (χ1v) is 21.9. The molecule has 0 saturated carbocycles. The normalized spacial score (nSPS) is 14.7. The number of hydrogen-bond donors (Lipinski definition) is 0. The second kappa shape index (κ2) is 18.8.